The zero-order chi connectivity index (χ0) is 12.1. The second-order valence-electron chi connectivity index (χ2n) is 4.91. The van der Waals surface area contributed by atoms with Crippen molar-refractivity contribution >= 4 is 0 Å². The van der Waals surface area contributed by atoms with E-state index in [1.54, 1.807) is 0 Å². The van der Waals surface area contributed by atoms with Gasteiger partial charge in [-0.1, -0.05) is 24.5 Å². The Labute approximate surface area is 93.5 Å². The van der Waals surface area contributed by atoms with Crippen LogP contribution in [0.2, 0.25) is 0 Å². The first-order valence-electron chi connectivity index (χ1n) is 5.22. The molecule has 2 heteroatoms. The standard InChI is InChI=1S/C13H23NO/c1-7-9-10-13(6,14)11(8-2)15-12(3,4)5/h7,9H,2,10,14H2,1,3-6H3/b9-7+. The monoisotopic (exact) mass is 209 g/mol. The van der Waals surface area contributed by atoms with Crippen LogP contribution in [-0.2, 0) is 4.74 Å². The number of allylic oxidation sites excluding steroid dienone is 1. The van der Waals surface area contributed by atoms with Gasteiger partial charge in [0, 0.05) is 0 Å². The van der Waals surface area contributed by atoms with E-state index < -0.39 is 5.54 Å². The van der Waals surface area contributed by atoms with Crippen molar-refractivity contribution in [2.75, 3.05) is 0 Å². The minimum Gasteiger partial charge on any atom is -0.482 e. The van der Waals surface area contributed by atoms with Crippen molar-refractivity contribution in [3.8, 4) is 0 Å². The van der Waals surface area contributed by atoms with Crippen LogP contribution >= 0.6 is 0 Å². The lowest BCUT2D eigenvalue weighted by Gasteiger charge is -2.31. The maximum absolute atomic E-state index is 6.15. The Morgan fingerprint density at radius 3 is 2.27 bits per heavy atom. The van der Waals surface area contributed by atoms with Crippen LogP contribution in [0.15, 0.2) is 30.2 Å². The van der Waals surface area contributed by atoms with Crippen molar-refractivity contribution < 1.29 is 4.74 Å². The van der Waals surface area contributed by atoms with E-state index in [9.17, 15) is 0 Å². The number of hydrogen-bond acceptors (Lipinski definition) is 2. The normalized spacial score (nSPS) is 15.9. The topological polar surface area (TPSA) is 35.2 Å². The van der Waals surface area contributed by atoms with Crippen molar-refractivity contribution in [2.24, 2.45) is 5.73 Å². The molecule has 1 atom stereocenters. The molecule has 0 aromatic rings. The van der Waals surface area contributed by atoms with Crippen LogP contribution in [0.25, 0.3) is 0 Å². The number of nitrogens with two attached hydrogens (primary N) is 1. The molecule has 15 heavy (non-hydrogen) atoms. The summed E-state index contributed by atoms with van der Waals surface area (Å²) in [5.74, 6) is 0.619. The first kappa shape index (κ1) is 14.0. The molecule has 0 amide bonds. The predicted molar refractivity (Wildman–Crippen MR) is 65.5 cm³/mol. The zero-order valence-corrected chi connectivity index (χ0v) is 10.6. The van der Waals surface area contributed by atoms with E-state index in [0.29, 0.717) is 5.76 Å². The van der Waals surface area contributed by atoms with E-state index in [0.717, 1.165) is 6.42 Å². The molecule has 2 N–H and O–H groups in total. The van der Waals surface area contributed by atoms with E-state index in [-0.39, 0.29) is 5.60 Å². The molecule has 0 bridgehead atoms. The predicted octanol–water partition coefficient (Wildman–Crippen LogP) is 3.15. The van der Waals surface area contributed by atoms with Crippen molar-refractivity contribution in [1.29, 1.82) is 0 Å². The summed E-state index contributed by atoms with van der Waals surface area (Å²) in [5, 5.41) is 0. The third-order valence-electron chi connectivity index (χ3n) is 1.87. The minimum atomic E-state index is -0.540. The lowest BCUT2D eigenvalue weighted by atomic mass is 9.96. The Morgan fingerprint density at radius 1 is 1.40 bits per heavy atom. The zero-order valence-electron chi connectivity index (χ0n) is 10.6. The number of rotatable bonds is 4. The number of hydrogen-bond donors (Lipinski definition) is 1. The highest BCUT2D eigenvalue weighted by Gasteiger charge is 2.27. The van der Waals surface area contributed by atoms with Gasteiger partial charge in [-0.05, 0) is 41.0 Å². The lowest BCUT2D eigenvalue weighted by molar-refractivity contribution is 0.0313. The Morgan fingerprint density at radius 2 is 1.93 bits per heavy atom. The minimum absolute atomic E-state index is 0.267. The summed E-state index contributed by atoms with van der Waals surface area (Å²) in [7, 11) is 0. The van der Waals surface area contributed by atoms with Crippen LogP contribution in [0.3, 0.4) is 0 Å². The van der Waals surface area contributed by atoms with Crippen molar-refractivity contribution in [3.05, 3.63) is 30.2 Å². The van der Waals surface area contributed by atoms with E-state index in [2.05, 4.69) is 12.3 Å². The maximum Gasteiger partial charge on any atom is 0.158 e. The molecule has 0 fully saturated rings. The average Bonchev–Trinajstić information content (AvgIpc) is 2.09. The van der Waals surface area contributed by atoms with Gasteiger partial charge in [0.1, 0.15) is 5.60 Å². The molecule has 0 aliphatic carbocycles. The first-order chi connectivity index (χ1) is 6.73. The van der Waals surface area contributed by atoms with Crippen molar-refractivity contribution in [2.45, 2.75) is 52.2 Å². The summed E-state index contributed by atoms with van der Waals surface area (Å²) in [5.41, 5.74) is 8.13. The third kappa shape index (κ3) is 5.46. The molecular weight excluding hydrogens is 186 g/mol. The molecule has 0 aromatic carbocycles. The van der Waals surface area contributed by atoms with Crippen molar-refractivity contribution in [1.82, 2.24) is 0 Å². The highest BCUT2D eigenvalue weighted by atomic mass is 16.5. The highest BCUT2D eigenvalue weighted by molar-refractivity contribution is 5.13. The van der Waals surface area contributed by atoms with Gasteiger partial charge in [-0.25, -0.2) is 0 Å². The molecule has 0 saturated carbocycles. The second-order valence-corrected chi connectivity index (χ2v) is 4.91. The molecular formula is C13H23NO. The summed E-state index contributed by atoms with van der Waals surface area (Å²) in [6.07, 6.45) is 4.71. The van der Waals surface area contributed by atoms with E-state index >= 15 is 0 Å². The highest BCUT2D eigenvalue weighted by Crippen LogP contribution is 2.23. The van der Waals surface area contributed by atoms with Gasteiger partial charge in [-0.2, -0.15) is 0 Å². The van der Waals surface area contributed by atoms with Crippen LogP contribution in [-0.4, -0.2) is 11.1 Å². The Balaban J connectivity index is 4.75. The Kier molecular flexibility index (Phi) is 4.86. The van der Waals surface area contributed by atoms with Gasteiger partial charge in [-0.15, -0.1) is 0 Å². The third-order valence-corrected chi connectivity index (χ3v) is 1.87. The average molecular weight is 209 g/mol. The van der Waals surface area contributed by atoms with E-state index in [1.807, 2.05) is 46.8 Å². The SMILES string of the molecule is C=C=C(OC(C)(C)C)C(C)(N)C/C=C/C. The molecule has 0 heterocycles. The van der Waals surface area contributed by atoms with Crippen molar-refractivity contribution in [3.63, 3.8) is 0 Å². The molecule has 1 unspecified atom stereocenters. The van der Waals surface area contributed by atoms with Gasteiger partial charge in [0.2, 0.25) is 0 Å². The van der Waals surface area contributed by atoms with Crippen LogP contribution in [0.4, 0.5) is 0 Å². The molecule has 2 nitrogen and oxygen atoms in total. The molecule has 0 aliphatic heterocycles. The molecule has 0 radical (unpaired) electrons. The molecule has 0 rings (SSSR count). The fourth-order valence-electron chi connectivity index (χ4n) is 1.12. The second kappa shape index (κ2) is 5.20. The van der Waals surface area contributed by atoms with Crippen LogP contribution in [0.5, 0.6) is 0 Å². The van der Waals surface area contributed by atoms with E-state index in [4.69, 9.17) is 10.5 Å². The summed E-state index contributed by atoms with van der Waals surface area (Å²) < 4.78 is 5.73. The summed E-state index contributed by atoms with van der Waals surface area (Å²) in [4.78, 5) is 0. The summed E-state index contributed by atoms with van der Waals surface area (Å²) in [6.45, 7) is 13.5. The Bertz CT molecular complexity index is 275. The first-order valence-corrected chi connectivity index (χ1v) is 5.22. The van der Waals surface area contributed by atoms with E-state index in [1.165, 1.54) is 0 Å². The largest absolute Gasteiger partial charge is 0.482 e. The van der Waals surface area contributed by atoms with Crippen LogP contribution in [0.1, 0.15) is 41.0 Å². The quantitative estimate of drug-likeness (QED) is 0.438. The number of ether oxygens (including phenoxy) is 1. The molecule has 0 saturated heterocycles. The molecule has 86 valence electrons. The maximum atomic E-state index is 6.15. The van der Waals surface area contributed by atoms with Crippen LogP contribution < -0.4 is 5.73 Å². The van der Waals surface area contributed by atoms with Gasteiger partial charge in [0.05, 0.1) is 5.54 Å². The summed E-state index contributed by atoms with van der Waals surface area (Å²) >= 11 is 0. The van der Waals surface area contributed by atoms with Gasteiger partial charge < -0.3 is 10.5 Å². The molecule has 0 spiro atoms. The summed E-state index contributed by atoms with van der Waals surface area (Å²) in [6, 6.07) is 0. The van der Waals surface area contributed by atoms with Gasteiger partial charge in [0.25, 0.3) is 0 Å². The fraction of sp³-hybridized carbons (Fsp3) is 0.615. The fourth-order valence-corrected chi connectivity index (χ4v) is 1.12. The van der Waals surface area contributed by atoms with Crippen LogP contribution in [0, 0.1) is 0 Å². The lowest BCUT2D eigenvalue weighted by Crippen LogP contribution is -2.41. The Hall–Kier alpha value is -0.980. The van der Waals surface area contributed by atoms with Gasteiger partial charge in [0.15, 0.2) is 5.76 Å². The molecule has 0 aliphatic rings. The van der Waals surface area contributed by atoms with Gasteiger partial charge in [-0.3, -0.25) is 0 Å². The van der Waals surface area contributed by atoms with Gasteiger partial charge >= 0.3 is 0 Å². The smallest absolute Gasteiger partial charge is 0.158 e. The molecule has 0 aromatic heterocycles.